The lowest BCUT2D eigenvalue weighted by atomic mass is 9.96. The molecule has 0 heterocycles. The fourth-order valence-corrected chi connectivity index (χ4v) is 0.893. The van der Waals surface area contributed by atoms with Gasteiger partial charge in [0.2, 0.25) is 11.8 Å². The lowest BCUT2D eigenvalue weighted by Gasteiger charge is -2.17. The highest BCUT2D eigenvalue weighted by Gasteiger charge is 2.20. The highest BCUT2D eigenvalue weighted by atomic mass is 16.2. The average molecular weight is 226 g/mol. The fraction of sp³-hybridized carbons (Fsp3) is 0.667. The molecule has 0 atom stereocenters. The van der Waals surface area contributed by atoms with Crippen LogP contribution in [0.5, 0.6) is 0 Å². The van der Waals surface area contributed by atoms with E-state index in [1.165, 1.54) is 0 Å². The first-order valence-corrected chi connectivity index (χ1v) is 5.43. The van der Waals surface area contributed by atoms with Gasteiger partial charge in [0.1, 0.15) is 0 Å². The van der Waals surface area contributed by atoms with Crippen LogP contribution >= 0.6 is 0 Å². The third-order valence-corrected chi connectivity index (χ3v) is 1.91. The van der Waals surface area contributed by atoms with Gasteiger partial charge < -0.3 is 10.6 Å². The molecule has 0 fully saturated rings. The normalized spacial score (nSPS) is 10.8. The largest absolute Gasteiger partial charge is 0.355 e. The minimum Gasteiger partial charge on any atom is -0.355 e. The molecule has 0 unspecified atom stereocenters. The summed E-state index contributed by atoms with van der Waals surface area (Å²) in [4.78, 5) is 22.7. The summed E-state index contributed by atoms with van der Waals surface area (Å²) in [6.07, 6.45) is 0.301. The van der Waals surface area contributed by atoms with Gasteiger partial charge >= 0.3 is 0 Å². The number of amides is 2. The van der Waals surface area contributed by atoms with Gasteiger partial charge in [-0.3, -0.25) is 9.59 Å². The molecule has 16 heavy (non-hydrogen) atoms. The van der Waals surface area contributed by atoms with E-state index in [0.29, 0.717) is 19.5 Å². The van der Waals surface area contributed by atoms with E-state index in [1.807, 2.05) is 27.7 Å². The predicted octanol–water partition coefficient (Wildman–Crippen LogP) is 1.23. The van der Waals surface area contributed by atoms with Crippen LogP contribution in [0.25, 0.3) is 0 Å². The van der Waals surface area contributed by atoms with Crippen molar-refractivity contribution in [2.45, 2.75) is 34.1 Å². The molecule has 92 valence electrons. The van der Waals surface area contributed by atoms with Crippen molar-refractivity contribution in [2.75, 3.05) is 13.1 Å². The number of rotatable bonds is 5. The molecule has 2 N–H and O–H groups in total. The second kappa shape index (κ2) is 6.30. The van der Waals surface area contributed by atoms with Crippen LogP contribution in [0.1, 0.15) is 34.1 Å². The fourth-order valence-electron chi connectivity index (χ4n) is 0.893. The molecule has 0 saturated heterocycles. The Hall–Kier alpha value is -1.32. The molecule has 0 aliphatic rings. The van der Waals surface area contributed by atoms with Crippen LogP contribution in [0.2, 0.25) is 0 Å². The van der Waals surface area contributed by atoms with E-state index in [1.54, 1.807) is 0 Å². The molecule has 4 nitrogen and oxygen atoms in total. The van der Waals surface area contributed by atoms with Crippen molar-refractivity contribution < 1.29 is 9.59 Å². The van der Waals surface area contributed by atoms with Gasteiger partial charge in [-0.1, -0.05) is 32.9 Å². The maximum Gasteiger partial charge on any atom is 0.225 e. The number of carbonyl (C=O) groups excluding carboxylic acids is 2. The van der Waals surface area contributed by atoms with Crippen molar-refractivity contribution in [3.8, 4) is 0 Å². The van der Waals surface area contributed by atoms with Crippen LogP contribution in [0.4, 0.5) is 0 Å². The zero-order chi connectivity index (χ0) is 12.8. The summed E-state index contributed by atoms with van der Waals surface area (Å²) in [5, 5.41) is 5.42. The standard InChI is InChI=1S/C12H22N2O2/c1-9(2)8-14-10(15)6-7-13-11(16)12(3,4)5/h1,6-8H2,2-5H3,(H,13,16)(H,14,15). The highest BCUT2D eigenvalue weighted by molar-refractivity contribution is 5.82. The van der Waals surface area contributed by atoms with E-state index in [-0.39, 0.29) is 11.8 Å². The van der Waals surface area contributed by atoms with Crippen LogP contribution < -0.4 is 10.6 Å². The van der Waals surface area contributed by atoms with E-state index in [0.717, 1.165) is 5.57 Å². The Balaban J connectivity index is 3.71. The van der Waals surface area contributed by atoms with E-state index in [4.69, 9.17) is 0 Å². The SMILES string of the molecule is C=C(C)CNC(=O)CCNC(=O)C(C)(C)C. The number of carbonyl (C=O) groups is 2. The van der Waals surface area contributed by atoms with Gasteiger partial charge in [0, 0.05) is 24.9 Å². The van der Waals surface area contributed by atoms with Gasteiger partial charge in [-0.15, -0.1) is 0 Å². The lowest BCUT2D eigenvalue weighted by Crippen LogP contribution is -2.37. The zero-order valence-corrected chi connectivity index (χ0v) is 10.6. The Bertz CT molecular complexity index is 277. The van der Waals surface area contributed by atoms with Gasteiger partial charge in [0.25, 0.3) is 0 Å². The maximum absolute atomic E-state index is 11.5. The molecule has 0 spiro atoms. The second-order valence-electron chi connectivity index (χ2n) is 4.99. The predicted molar refractivity (Wildman–Crippen MR) is 64.9 cm³/mol. The minimum atomic E-state index is -0.409. The Kier molecular flexibility index (Phi) is 5.78. The van der Waals surface area contributed by atoms with Crippen molar-refractivity contribution in [2.24, 2.45) is 5.41 Å². The maximum atomic E-state index is 11.5. The van der Waals surface area contributed by atoms with Gasteiger partial charge in [0.05, 0.1) is 0 Å². The van der Waals surface area contributed by atoms with Crippen molar-refractivity contribution >= 4 is 11.8 Å². The first-order valence-electron chi connectivity index (χ1n) is 5.43. The summed E-state index contributed by atoms with van der Waals surface area (Å²) in [5.74, 6) is -0.114. The van der Waals surface area contributed by atoms with E-state index >= 15 is 0 Å². The van der Waals surface area contributed by atoms with Gasteiger partial charge in [-0.2, -0.15) is 0 Å². The van der Waals surface area contributed by atoms with Crippen LogP contribution in [-0.2, 0) is 9.59 Å². The van der Waals surface area contributed by atoms with Crippen molar-refractivity contribution in [1.29, 1.82) is 0 Å². The molecule has 0 aliphatic carbocycles. The summed E-state index contributed by atoms with van der Waals surface area (Å²) in [7, 11) is 0. The van der Waals surface area contributed by atoms with Gasteiger partial charge in [-0.05, 0) is 6.92 Å². The Morgan fingerprint density at radius 1 is 1.19 bits per heavy atom. The van der Waals surface area contributed by atoms with E-state index < -0.39 is 5.41 Å². The molecule has 0 aliphatic heterocycles. The molecule has 2 amide bonds. The molecule has 0 aromatic rings. The highest BCUT2D eigenvalue weighted by Crippen LogP contribution is 2.11. The number of hydrogen-bond acceptors (Lipinski definition) is 2. The van der Waals surface area contributed by atoms with Crippen LogP contribution in [0.15, 0.2) is 12.2 Å². The van der Waals surface area contributed by atoms with E-state index in [2.05, 4.69) is 17.2 Å². The topological polar surface area (TPSA) is 58.2 Å². The monoisotopic (exact) mass is 226 g/mol. The van der Waals surface area contributed by atoms with Crippen LogP contribution in [0.3, 0.4) is 0 Å². The summed E-state index contributed by atoms with van der Waals surface area (Å²) in [6, 6.07) is 0. The molecule has 4 heteroatoms. The van der Waals surface area contributed by atoms with E-state index in [9.17, 15) is 9.59 Å². The molecular weight excluding hydrogens is 204 g/mol. The molecule has 0 radical (unpaired) electrons. The minimum absolute atomic E-state index is 0.0415. The molecule has 0 bridgehead atoms. The van der Waals surface area contributed by atoms with Gasteiger partial charge in [0.15, 0.2) is 0 Å². The molecule has 0 saturated carbocycles. The van der Waals surface area contributed by atoms with Crippen LogP contribution in [0, 0.1) is 5.41 Å². The first-order chi connectivity index (χ1) is 7.23. The molecule has 0 rings (SSSR count). The Morgan fingerprint density at radius 3 is 2.19 bits per heavy atom. The number of nitrogens with one attached hydrogen (secondary N) is 2. The molecule has 0 aromatic heterocycles. The van der Waals surface area contributed by atoms with Crippen molar-refractivity contribution in [3.05, 3.63) is 12.2 Å². The Morgan fingerprint density at radius 2 is 1.75 bits per heavy atom. The summed E-state index contributed by atoms with van der Waals surface area (Å²) in [6.45, 7) is 11.9. The third kappa shape index (κ3) is 7.04. The lowest BCUT2D eigenvalue weighted by molar-refractivity contribution is -0.128. The third-order valence-electron chi connectivity index (χ3n) is 1.91. The smallest absolute Gasteiger partial charge is 0.225 e. The van der Waals surface area contributed by atoms with Crippen molar-refractivity contribution in [3.63, 3.8) is 0 Å². The summed E-state index contributed by atoms with van der Waals surface area (Å²) >= 11 is 0. The van der Waals surface area contributed by atoms with Gasteiger partial charge in [-0.25, -0.2) is 0 Å². The molecule has 0 aromatic carbocycles. The quantitative estimate of drug-likeness (QED) is 0.693. The Labute approximate surface area is 97.5 Å². The second-order valence-corrected chi connectivity index (χ2v) is 4.99. The van der Waals surface area contributed by atoms with Crippen molar-refractivity contribution in [1.82, 2.24) is 10.6 Å². The first kappa shape index (κ1) is 14.7. The number of hydrogen-bond donors (Lipinski definition) is 2. The summed E-state index contributed by atoms with van der Waals surface area (Å²) in [5.41, 5.74) is 0.501. The zero-order valence-electron chi connectivity index (χ0n) is 10.6. The molecular formula is C12H22N2O2. The summed E-state index contributed by atoms with van der Waals surface area (Å²) < 4.78 is 0. The average Bonchev–Trinajstić information content (AvgIpc) is 2.13. The van der Waals surface area contributed by atoms with Crippen LogP contribution in [-0.4, -0.2) is 24.9 Å².